The third kappa shape index (κ3) is 2.89. The van der Waals surface area contributed by atoms with Crippen LogP contribution in [0.3, 0.4) is 0 Å². The van der Waals surface area contributed by atoms with Gasteiger partial charge in [0.1, 0.15) is 5.75 Å². The van der Waals surface area contributed by atoms with Crippen LogP contribution in [0.2, 0.25) is 0 Å². The van der Waals surface area contributed by atoms with Gasteiger partial charge in [-0.05, 0) is 30.9 Å². The molecule has 0 radical (unpaired) electrons. The minimum absolute atomic E-state index is 0.554. The van der Waals surface area contributed by atoms with Crippen molar-refractivity contribution in [1.82, 2.24) is 0 Å². The molecule has 1 saturated carbocycles. The minimum Gasteiger partial charge on any atom is -0.497 e. The van der Waals surface area contributed by atoms with Crippen molar-refractivity contribution in [1.29, 1.82) is 0 Å². The van der Waals surface area contributed by atoms with Gasteiger partial charge in [-0.3, -0.25) is 0 Å². The lowest BCUT2D eigenvalue weighted by molar-refractivity contribution is 0.317. The SMILES string of the molecule is CCC1CCCCC1Nc1cc(OC)ccc1N. The van der Waals surface area contributed by atoms with E-state index >= 15 is 0 Å². The molecule has 100 valence electrons. The average Bonchev–Trinajstić information content (AvgIpc) is 2.42. The maximum atomic E-state index is 6.03. The molecule has 1 fully saturated rings. The Kier molecular flexibility index (Phi) is 4.34. The molecule has 0 aliphatic heterocycles. The van der Waals surface area contributed by atoms with Gasteiger partial charge < -0.3 is 15.8 Å². The highest BCUT2D eigenvalue weighted by Crippen LogP contribution is 2.32. The van der Waals surface area contributed by atoms with Gasteiger partial charge in [0.2, 0.25) is 0 Å². The maximum Gasteiger partial charge on any atom is 0.121 e. The van der Waals surface area contributed by atoms with Crippen LogP contribution in [0.25, 0.3) is 0 Å². The van der Waals surface area contributed by atoms with E-state index in [2.05, 4.69) is 12.2 Å². The maximum absolute atomic E-state index is 6.03. The molecule has 3 heteroatoms. The molecule has 0 heterocycles. The zero-order valence-corrected chi connectivity index (χ0v) is 11.4. The molecule has 0 amide bonds. The summed E-state index contributed by atoms with van der Waals surface area (Å²) in [7, 11) is 1.69. The Bertz CT molecular complexity index is 392. The number of methoxy groups -OCH3 is 1. The number of benzene rings is 1. The van der Waals surface area contributed by atoms with Crippen LogP contribution in [0.4, 0.5) is 11.4 Å². The van der Waals surface area contributed by atoms with Crippen molar-refractivity contribution < 1.29 is 4.74 Å². The Balaban J connectivity index is 2.11. The summed E-state index contributed by atoms with van der Waals surface area (Å²) in [6.45, 7) is 2.28. The number of hydrogen-bond donors (Lipinski definition) is 2. The molecule has 2 atom stereocenters. The van der Waals surface area contributed by atoms with Crippen LogP contribution in [-0.2, 0) is 0 Å². The Morgan fingerprint density at radius 3 is 2.83 bits per heavy atom. The number of ether oxygens (including phenoxy) is 1. The molecule has 18 heavy (non-hydrogen) atoms. The molecule has 0 bridgehead atoms. The summed E-state index contributed by atoms with van der Waals surface area (Å²) in [5.74, 6) is 1.62. The van der Waals surface area contributed by atoms with Gasteiger partial charge >= 0.3 is 0 Å². The summed E-state index contributed by atoms with van der Waals surface area (Å²) in [4.78, 5) is 0. The molecule has 1 aromatic carbocycles. The molecule has 1 aliphatic carbocycles. The van der Waals surface area contributed by atoms with Crippen molar-refractivity contribution in [3.8, 4) is 5.75 Å². The lowest BCUT2D eigenvalue weighted by Crippen LogP contribution is -2.32. The quantitative estimate of drug-likeness (QED) is 0.799. The second-order valence-electron chi connectivity index (χ2n) is 5.16. The number of nitrogens with two attached hydrogens (primary N) is 1. The molecule has 1 aromatic rings. The standard InChI is InChI=1S/C15H24N2O/c1-3-11-6-4-5-7-14(11)17-15-10-12(18-2)8-9-13(15)16/h8-11,14,17H,3-7,16H2,1-2H3. The minimum atomic E-state index is 0.554. The topological polar surface area (TPSA) is 47.3 Å². The van der Waals surface area contributed by atoms with Crippen LogP contribution in [0.1, 0.15) is 39.0 Å². The van der Waals surface area contributed by atoms with E-state index in [-0.39, 0.29) is 0 Å². The van der Waals surface area contributed by atoms with Gasteiger partial charge in [-0.15, -0.1) is 0 Å². The van der Waals surface area contributed by atoms with Crippen molar-refractivity contribution in [3.05, 3.63) is 18.2 Å². The fourth-order valence-electron chi connectivity index (χ4n) is 2.87. The fraction of sp³-hybridized carbons (Fsp3) is 0.600. The number of rotatable bonds is 4. The Hall–Kier alpha value is -1.38. The van der Waals surface area contributed by atoms with Gasteiger partial charge in [0.05, 0.1) is 18.5 Å². The van der Waals surface area contributed by atoms with Gasteiger partial charge in [0, 0.05) is 12.1 Å². The van der Waals surface area contributed by atoms with Crippen LogP contribution in [0.15, 0.2) is 18.2 Å². The van der Waals surface area contributed by atoms with Gasteiger partial charge in [0.15, 0.2) is 0 Å². The van der Waals surface area contributed by atoms with Crippen molar-refractivity contribution in [3.63, 3.8) is 0 Å². The average molecular weight is 248 g/mol. The number of anilines is 2. The van der Waals surface area contributed by atoms with Crippen LogP contribution >= 0.6 is 0 Å². The van der Waals surface area contributed by atoms with Crippen molar-refractivity contribution in [2.45, 2.75) is 45.1 Å². The second-order valence-corrected chi connectivity index (χ2v) is 5.16. The molecular formula is C15H24N2O. The van der Waals surface area contributed by atoms with E-state index in [0.717, 1.165) is 23.0 Å². The van der Waals surface area contributed by atoms with Crippen LogP contribution in [0, 0.1) is 5.92 Å². The highest BCUT2D eigenvalue weighted by Gasteiger charge is 2.23. The van der Waals surface area contributed by atoms with E-state index < -0.39 is 0 Å². The summed E-state index contributed by atoms with van der Waals surface area (Å²) >= 11 is 0. The summed E-state index contributed by atoms with van der Waals surface area (Å²) in [6, 6.07) is 6.36. The monoisotopic (exact) mass is 248 g/mol. The van der Waals surface area contributed by atoms with Gasteiger partial charge in [0.25, 0.3) is 0 Å². The zero-order valence-electron chi connectivity index (χ0n) is 11.4. The van der Waals surface area contributed by atoms with Crippen molar-refractivity contribution in [2.24, 2.45) is 5.92 Å². The first-order chi connectivity index (χ1) is 8.74. The smallest absolute Gasteiger partial charge is 0.121 e. The number of hydrogen-bond acceptors (Lipinski definition) is 3. The number of nitrogens with one attached hydrogen (secondary N) is 1. The fourth-order valence-corrected chi connectivity index (χ4v) is 2.87. The van der Waals surface area contributed by atoms with Crippen LogP contribution < -0.4 is 15.8 Å². The van der Waals surface area contributed by atoms with E-state index in [0.29, 0.717) is 6.04 Å². The van der Waals surface area contributed by atoms with Gasteiger partial charge in [-0.1, -0.05) is 26.2 Å². The van der Waals surface area contributed by atoms with E-state index in [1.807, 2.05) is 18.2 Å². The lowest BCUT2D eigenvalue weighted by atomic mass is 9.83. The predicted octanol–water partition coefficient (Wildman–Crippen LogP) is 3.66. The van der Waals surface area contributed by atoms with E-state index in [9.17, 15) is 0 Å². The van der Waals surface area contributed by atoms with Gasteiger partial charge in [-0.25, -0.2) is 0 Å². The van der Waals surface area contributed by atoms with E-state index in [1.165, 1.54) is 32.1 Å². The normalized spacial score (nSPS) is 23.7. The third-order valence-corrected chi connectivity index (χ3v) is 4.03. The molecular weight excluding hydrogens is 224 g/mol. The molecule has 0 aromatic heterocycles. The third-order valence-electron chi connectivity index (χ3n) is 4.03. The molecule has 1 aliphatic rings. The zero-order chi connectivity index (χ0) is 13.0. The van der Waals surface area contributed by atoms with Crippen molar-refractivity contribution >= 4 is 11.4 Å². The molecule has 3 N–H and O–H groups in total. The van der Waals surface area contributed by atoms with Gasteiger partial charge in [-0.2, -0.15) is 0 Å². The first-order valence-corrected chi connectivity index (χ1v) is 6.94. The van der Waals surface area contributed by atoms with Crippen LogP contribution in [-0.4, -0.2) is 13.2 Å². The van der Waals surface area contributed by atoms with Crippen LogP contribution in [0.5, 0.6) is 5.75 Å². The molecule has 3 nitrogen and oxygen atoms in total. The Morgan fingerprint density at radius 2 is 2.11 bits per heavy atom. The lowest BCUT2D eigenvalue weighted by Gasteiger charge is -2.32. The van der Waals surface area contributed by atoms with Crippen molar-refractivity contribution in [2.75, 3.05) is 18.2 Å². The Morgan fingerprint density at radius 1 is 1.33 bits per heavy atom. The molecule has 0 saturated heterocycles. The molecule has 0 spiro atoms. The molecule has 2 rings (SSSR count). The second kappa shape index (κ2) is 5.98. The highest BCUT2D eigenvalue weighted by atomic mass is 16.5. The number of nitrogen functional groups attached to an aromatic ring is 1. The predicted molar refractivity (Wildman–Crippen MR) is 77.1 cm³/mol. The molecule has 2 unspecified atom stereocenters. The first kappa shape index (κ1) is 13.1. The summed E-state index contributed by atoms with van der Waals surface area (Å²) in [5.41, 5.74) is 7.85. The summed E-state index contributed by atoms with van der Waals surface area (Å²) < 4.78 is 5.26. The summed E-state index contributed by atoms with van der Waals surface area (Å²) in [6.07, 6.45) is 6.50. The highest BCUT2D eigenvalue weighted by molar-refractivity contribution is 5.68. The Labute approximate surface area is 110 Å². The van der Waals surface area contributed by atoms with E-state index in [4.69, 9.17) is 10.5 Å². The largest absolute Gasteiger partial charge is 0.497 e. The van der Waals surface area contributed by atoms with E-state index in [1.54, 1.807) is 7.11 Å². The summed E-state index contributed by atoms with van der Waals surface area (Å²) in [5, 5.41) is 3.62. The first-order valence-electron chi connectivity index (χ1n) is 6.94.